The van der Waals surface area contributed by atoms with Crippen LogP contribution in [0, 0.1) is 11.8 Å². The van der Waals surface area contributed by atoms with Crippen LogP contribution in [0.15, 0.2) is 0 Å². The lowest BCUT2D eigenvalue weighted by Gasteiger charge is -2.41. The topological polar surface area (TPSA) is 49.5 Å². The second-order valence-corrected chi connectivity index (χ2v) is 6.17. The van der Waals surface area contributed by atoms with E-state index in [1.165, 1.54) is 32.1 Å². The fourth-order valence-corrected chi connectivity index (χ4v) is 3.54. The highest BCUT2D eigenvalue weighted by Gasteiger charge is 2.30. The Balaban J connectivity index is 1.89. The molecule has 0 spiro atoms. The molecule has 2 fully saturated rings. The van der Waals surface area contributed by atoms with Gasteiger partial charge in [0.1, 0.15) is 0 Å². The summed E-state index contributed by atoms with van der Waals surface area (Å²) in [6, 6.07) is 0.778. The molecule has 4 unspecified atom stereocenters. The van der Waals surface area contributed by atoms with E-state index in [0.29, 0.717) is 24.6 Å². The lowest BCUT2D eigenvalue weighted by molar-refractivity contribution is 0.0606. The van der Waals surface area contributed by atoms with E-state index in [9.17, 15) is 5.11 Å². The van der Waals surface area contributed by atoms with E-state index in [4.69, 9.17) is 5.73 Å². The predicted molar refractivity (Wildman–Crippen MR) is 70.8 cm³/mol. The van der Waals surface area contributed by atoms with Crippen LogP contribution in [0.1, 0.15) is 45.4 Å². The van der Waals surface area contributed by atoms with E-state index in [-0.39, 0.29) is 0 Å². The number of aliphatic hydroxyl groups is 1. The molecule has 0 bridgehead atoms. The van der Waals surface area contributed by atoms with Crippen molar-refractivity contribution in [1.82, 2.24) is 4.90 Å². The molecule has 0 aromatic rings. The van der Waals surface area contributed by atoms with Crippen LogP contribution < -0.4 is 5.73 Å². The summed E-state index contributed by atoms with van der Waals surface area (Å²) in [5, 5.41) is 9.44. The number of piperidine rings is 1. The van der Waals surface area contributed by atoms with Crippen molar-refractivity contribution >= 4 is 0 Å². The minimum absolute atomic E-state index is 0.317. The average molecular weight is 240 g/mol. The molecule has 3 heteroatoms. The van der Waals surface area contributed by atoms with E-state index in [1.807, 2.05) is 0 Å². The number of nitrogens with zero attached hydrogens (tertiary/aromatic N) is 1. The Morgan fingerprint density at radius 3 is 2.82 bits per heavy atom. The van der Waals surface area contributed by atoms with Gasteiger partial charge in [-0.1, -0.05) is 13.3 Å². The van der Waals surface area contributed by atoms with Crippen molar-refractivity contribution in [1.29, 1.82) is 0 Å². The molecule has 1 aliphatic carbocycles. The molecular weight excluding hydrogens is 212 g/mol. The van der Waals surface area contributed by atoms with E-state index in [2.05, 4.69) is 11.8 Å². The molecule has 1 saturated carbocycles. The maximum Gasteiger partial charge on any atom is 0.0586 e. The van der Waals surface area contributed by atoms with E-state index >= 15 is 0 Å². The molecule has 1 aliphatic heterocycles. The van der Waals surface area contributed by atoms with Gasteiger partial charge in [0.05, 0.1) is 6.61 Å². The molecule has 3 nitrogen and oxygen atoms in total. The van der Waals surface area contributed by atoms with Crippen molar-refractivity contribution in [2.45, 2.75) is 57.5 Å². The van der Waals surface area contributed by atoms with Crippen LogP contribution in [-0.2, 0) is 0 Å². The van der Waals surface area contributed by atoms with Gasteiger partial charge in [0, 0.05) is 18.6 Å². The average Bonchev–Trinajstić information content (AvgIpc) is 2.34. The Hall–Kier alpha value is -0.120. The molecule has 4 atom stereocenters. The number of likely N-dealkylation sites (tertiary alicyclic amines) is 1. The van der Waals surface area contributed by atoms with E-state index in [1.54, 1.807) is 0 Å². The third kappa shape index (κ3) is 3.43. The first-order valence-corrected chi connectivity index (χ1v) is 7.31. The molecule has 3 N–H and O–H groups in total. The van der Waals surface area contributed by atoms with Crippen molar-refractivity contribution in [3.63, 3.8) is 0 Å². The molecule has 1 heterocycles. The molecule has 0 aromatic heterocycles. The third-order valence-corrected chi connectivity index (χ3v) is 4.73. The fourth-order valence-electron chi connectivity index (χ4n) is 3.54. The SMILES string of the molecule is CC1CCC(N)C(CN2CCCCC2CO)C1. The monoisotopic (exact) mass is 240 g/mol. The van der Waals surface area contributed by atoms with Gasteiger partial charge in [0.2, 0.25) is 0 Å². The number of nitrogens with two attached hydrogens (primary N) is 1. The smallest absolute Gasteiger partial charge is 0.0586 e. The van der Waals surface area contributed by atoms with Crippen LogP contribution in [0.2, 0.25) is 0 Å². The van der Waals surface area contributed by atoms with Gasteiger partial charge in [0.25, 0.3) is 0 Å². The van der Waals surface area contributed by atoms with Gasteiger partial charge >= 0.3 is 0 Å². The van der Waals surface area contributed by atoms with Crippen LogP contribution >= 0.6 is 0 Å². The zero-order valence-electron chi connectivity index (χ0n) is 11.1. The van der Waals surface area contributed by atoms with Crippen LogP contribution in [0.4, 0.5) is 0 Å². The van der Waals surface area contributed by atoms with Gasteiger partial charge in [-0.3, -0.25) is 4.90 Å². The molecule has 2 rings (SSSR count). The molecule has 2 aliphatic rings. The highest BCUT2D eigenvalue weighted by atomic mass is 16.3. The number of rotatable bonds is 3. The van der Waals surface area contributed by atoms with Gasteiger partial charge in [0.15, 0.2) is 0 Å². The number of hydrogen-bond donors (Lipinski definition) is 2. The van der Waals surface area contributed by atoms with Crippen molar-refractivity contribution in [3.05, 3.63) is 0 Å². The van der Waals surface area contributed by atoms with Gasteiger partial charge in [-0.2, -0.15) is 0 Å². The summed E-state index contributed by atoms with van der Waals surface area (Å²) in [7, 11) is 0. The van der Waals surface area contributed by atoms with Crippen LogP contribution in [0.25, 0.3) is 0 Å². The molecule has 0 amide bonds. The first-order valence-electron chi connectivity index (χ1n) is 7.31. The Labute approximate surface area is 105 Å². The number of aliphatic hydroxyl groups excluding tert-OH is 1. The van der Waals surface area contributed by atoms with Crippen LogP contribution in [-0.4, -0.2) is 41.8 Å². The van der Waals surface area contributed by atoms with Gasteiger partial charge in [-0.05, 0) is 50.5 Å². The van der Waals surface area contributed by atoms with E-state index < -0.39 is 0 Å². The Morgan fingerprint density at radius 1 is 1.24 bits per heavy atom. The molecule has 1 saturated heterocycles. The standard InChI is InChI=1S/C14H28N2O/c1-11-5-6-14(15)12(8-11)9-16-7-3-2-4-13(16)10-17/h11-14,17H,2-10,15H2,1H3. The van der Waals surface area contributed by atoms with Crippen molar-refractivity contribution in [3.8, 4) is 0 Å². The Morgan fingerprint density at radius 2 is 2.06 bits per heavy atom. The number of hydrogen-bond acceptors (Lipinski definition) is 3. The zero-order valence-corrected chi connectivity index (χ0v) is 11.1. The van der Waals surface area contributed by atoms with Gasteiger partial charge in [-0.25, -0.2) is 0 Å². The lowest BCUT2D eigenvalue weighted by atomic mass is 9.78. The van der Waals surface area contributed by atoms with Gasteiger partial charge in [-0.15, -0.1) is 0 Å². The largest absolute Gasteiger partial charge is 0.395 e. The predicted octanol–water partition coefficient (Wildman–Crippen LogP) is 1.60. The van der Waals surface area contributed by atoms with E-state index in [0.717, 1.165) is 25.4 Å². The maximum atomic E-state index is 9.44. The second-order valence-electron chi connectivity index (χ2n) is 6.17. The minimum atomic E-state index is 0.317. The summed E-state index contributed by atoms with van der Waals surface area (Å²) < 4.78 is 0. The summed E-state index contributed by atoms with van der Waals surface area (Å²) in [6.45, 7) is 4.93. The Bertz CT molecular complexity index is 234. The van der Waals surface area contributed by atoms with Crippen molar-refractivity contribution < 1.29 is 5.11 Å². The molecule has 0 radical (unpaired) electrons. The molecule has 0 aromatic carbocycles. The fraction of sp³-hybridized carbons (Fsp3) is 1.00. The van der Waals surface area contributed by atoms with Crippen molar-refractivity contribution in [2.24, 2.45) is 17.6 Å². The normalized spacial score (nSPS) is 40.4. The molecular formula is C14H28N2O. The summed E-state index contributed by atoms with van der Waals surface area (Å²) >= 11 is 0. The molecule has 100 valence electrons. The first-order chi connectivity index (χ1) is 8.20. The first kappa shape index (κ1) is 13.3. The third-order valence-electron chi connectivity index (χ3n) is 4.73. The summed E-state index contributed by atoms with van der Waals surface area (Å²) in [5.41, 5.74) is 6.26. The minimum Gasteiger partial charge on any atom is -0.395 e. The molecule has 17 heavy (non-hydrogen) atoms. The highest BCUT2D eigenvalue weighted by Crippen LogP contribution is 2.30. The Kier molecular flexibility index (Phi) is 4.83. The summed E-state index contributed by atoms with van der Waals surface area (Å²) in [4.78, 5) is 2.49. The zero-order chi connectivity index (χ0) is 12.3. The maximum absolute atomic E-state index is 9.44. The van der Waals surface area contributed by atoms with Crippen molar-refractivity contribution in [2.75, 3.05) is 19.7 Å². The van der Waals surface area contributed by atoms with Gasteiger partial charge < -0.3 is 10.8 Å². The summed E-state index contributed by atoms with van der Waals surface area (Å²) in [5.74, 6) is 1.48. The summed E-state index contributed by atoms with van der Waals surface area (Å²) in [6.07, 6.45) is 7.47. The highest BCUT2D eigenvalue weighted by molar-refractivity contribution is 4.86. The van der Waals surface area contributed by atoms with Crippen LogP contribution in [0.3, 0.4) is 0 Å². The lowest BCUT2D eigenvalue weighted by Crippen LogP contribution is -2.49. The van der Waals surface area contributed by atoms with Crippen LogP contribution in [0.5, 0.6) is 0 Å². The quantitative estimate of drug-likeness (QED) is 0.788. The second kappa shape index (κ2) is 6.17.